The molecule has 0 aromatic heterocycles. The van der Waals surface area contributed by atoms with Gasteiger partial charge >= 0.3 is 0 Å². The van der Waals surface area contributed by atoms with E-state index in [1.165, 1.54) is 0 Å². The minimum atomic E-state index is -2.55. The zero-order valence-corrected chi connectivity index (χ0v) is 54.2. The molecule has 0 spiro atoms. The molecule has 45 atom stereocenters. The molecule has 0 saturated carbocycles. The van der Waals surface area contributed by atoms with Crippen LogP contribution in [0.2, 0.25) is 0 Å². The van der Waals surface area contributed by atoms with Crippen LogP contribution in [0.4, 0.5) is 0 Å². The first-order valence-electron chi connectivity index (χ1n) is 32.7. The zero-order chi connectivity index (χ0) is 75.6. The van der Waals surface area contributed by atoms with Crippen LogP contribution >= 0.6 is 0 Å². The maximum absolute atomic E-state index is 12.5. The van der Waals surface area contributed by atoms with Crippen LogP contribution in [0.3, 0.4) is 0 Å². The highest BCUT2D eigenvalue weighted by molar-refractivity contribution is 5.73. The average Bonchev–Trinajstić information content (AvgIpc) is 0.774. The van der Waals surface area contributed by atoms with Crippen molar-refractivity contribution in [1.82, 2.24) is 5.32 Å². The third kappa shape index (κ3) is 18.2. The van der Waals surface area contributed by atoms with Crippen LogP contribution in [0.5, 0.6) is 0 Å². The molecular formula is C56H95NO46. The highest BCUT2D eigenvalue weighted by Gasteiger charge is 2.60. The Bertz CT molecular complexity index is 2580. The first kappa shape index (κ1) is 84.7. The van der Waals surface area contributed by atoms with Gasteiger partial charge in [0.25, 0.3) is 0 Å². The van der Waals surface area contributed by atoms with Gasteiger partial charge in [0.1, 0.15) is 220 Å². The van der Waals surface area contributed by atoms with E-state index in [1.807, 2.05) is 0 Å². The van der Waals surface area contributed by atoms with Gasteiger partial charge in [-0.25, -0.2) is 0 Å². The molecule has 9 aliphatic heterocycles. The highest BCUT2D eigenvalue weighted by atomic mass is 16.8. The lowest BCUT2D eigenvalue weighted by atomic mass is 9.94. The molecule has 0 aromatic carbocycles. The number of carbonyl (C=O) groups excluding carboxylic acids is 1. The molecule has 47 nitrogen and oxygen atoms in total. The van der Waals surface area contributed by atoms with E-state index in [-0.39, 0.29) is 0 Å². The number of hydrogen-bond acceptors (Lipinski definition) is 46. The summed E-state index contributed by atoms with van der Waals surface area (Å²) in [6, 6.07) is -1.78. The summed E-state index contributed by atoms with van der Waals surface area (Å²) in [6.07, 6.45) is -92.7. The molecule has 9 fully saturated rings. The number of aliphatic hydroxyl groups is 28. The van der Waals surface area contributed by atoms with Gasteiger partial charge in [0.15, 0.2) is 56.6 Å². The molecule has 47 heteroatoms. The number of aliphatic hydroxyl groups excluding tert-OH is 28. The molecule has 9 rings (SSSR count). The molecule has 0 aliphatic carbocycles. The van der Waals surface area contributed by atoms with Crippen LogP contribution in [0.15, 0.2) is 0 Å². The first-order valence-corrected chi connectivity index (χ1v) is 32.7. The normalized spacial score (nSPS) is 52.4. The predicted octanol–water partition coefficient (Wildman–Crippen LogP) is -20.5. The minimum Gasteiger partial charge on any atom is -0.394 e. The molecule has 0 unspecified atom stereocenters. The number of ether oxygens (including phenoxy) is 17. The number of hydrogen-bond donors (Lipinski definition) is 29. The lowest BCUT2D eigenvalue weighted by Gasteiger charge is -2.50. The fourth-order valence-corrected chi connectivity index (χ4v) is 13.0. The Morgan fingerprint density at radius 2 is 0.515 bits per heavy atom. The Labute approximate surface area is 581 Å². The summed E-state index contributed by atoms with van der Waals surface area (Å²) in [5, 5.41) is 308. The summed E-state index contributed by atoms with van der Waals surface area (Å²) in [4.78, 5) is 12.3. The van der Waals surface area contributed by atoms with Gasteiger partial charge < -0.3 is 229 Å². The van der Waals surface area contributed by atoms with Crippen LogP contribution < -0.4 is 5.32 Å². The Hall–Kier alpha value is -2.33. The van der Waals surface area contributed by atoms with E-state index in [0.29, 0.717) is 0 Å². The number of carbonyl (C=O) groups is 1. The van der Waals surface area contributed by atoms with Crippen molar-refractivity contribution >= 4 is 5.91 Å². The van der Waals surface area contributed by atoms with Crippen LogP contribution in [-0.4, -0.2) is 485 Å². The van der Waals surface area contributed by atoms with Crippen molar-refractivity contribution in [2.24, 2.45) is 0 Å². The van der Waals surface area contributed by atoms with Crippen molar-refractivity contribution in [2.45, 2.75) is 283 Å². The van der Waals surface area contributed by atoms with Crippen LogP contribution in [-0.2, 0) is 85.3 Å². The lowest BCUT2D eigenvalue weighted by molar-refractivity contribution is -0.401. The first-order chi connectivity index (χ1) is 48.7. The molecule has 9 heterocycles. The number of rotatable bonds is 26. The van der Waals surface area contributed by atoms with Gasteiger partial charge in [0.2, 0.25) is 5.91 Å². The van der Waals surface area contributed by atoms with Gasteiger partial charge in [-0.15, -0.1) is 0 Å². The second kappa shape index (κ2) is 36.7. The predicted molar refractivity (Wildman–Crippen MR) is 309 cm³/mol. The SMILES string of the molecule is CC(=O)N[C@@H]1[C@@H](O)[C@H](O[C@@H]2O[C@H](CO[C@H]3O[C@H](CO[C@H]4O[C@H](CO)[C@@H](O)[C@H](O)[C@@H]4O)[C@@H](O)[C@H](O[C@H]4O[C@H](CO)[C@@H](O)[C@H](O)[C@@H]4O)[C@@H]3O)[C@@H](O)[C@H](O[C@H]3O[C@H](CO[C@H]4O[C@H](CO)[C@@H](O)[C@H](O)[C@@H]4O[C@H]4O[C@H](CO)[C@@H](O)[C@H](O)[C@@H]4O)[C@@H](O)[C@H](O)[C@@H]3O[C@H]3O[C@H](CO)[C@@H](O)[C@H](O)[C@@H]3O)[C@@H]2O)[C@@H](CO)O[C@H]1O. The van der Waals surface area contributed by atoms with Crippen molar-refractivity contribution < 1.29 is 228 Å². The Morgan fingerprint density at radius 1 is 0.252 bits per heavy atom. The zero-order valence-electron chi connectivity index (χ0n) is 54.2. The summed E-state index contributed by atoms with van der Waals surface area (Å²) < 4.78 is 98.0. The summed E-state index contributed by atoms with van der Waals surface area (Å²) >= 11 is 0. The molecule has 0 bridgehead atoms. The molecule has 1 amide bonds. The third-order valence-electron chi connectivity index (χ3n) is 19.1. The molecular weight excluding hydrogens is 1420 g/mol. The van der Waals surface area contributed by atoms with Crippen LogP contribution in [0, 0.1) is 0 Å². The topological polar surface area (TPSA) is 752 Å². The van der Waals surface area contributed by atoms with Crippen LogP contribution in [0.1, 0.15) is 6.92 Å². The van der Waals surface area contributed by atoms with Crippen molar-refractivity contribution in [1.29, 1.82) is 0 Å². The van der Waals surface area contributed by atoms with Crippen LogP contribution in [0.25, 0.3) is 0 Å². The lowest BCUT2D eigenvalue weighted by Crippen LogP contribution is -2.69. The molecule has 0 radical (unpaired) electrons. The summed E-state index contributed by atoms with van der Waals surface area (Å²) in [6.45, 7) is -8.48. The van der Waals surface area contributed by atoms with Crippen molar-refractivity contribution in [2.75, 3.05) is 59.5 Å². The van der Waals surface area contributed by atoms with E-state index >= 15 is 0 Å². The Morgan fingerprint density at radius 3 is 0.922 bits per heavy atom. The second-order valence-corrected chi connectivity index (χ2v) is 26.0. The van der Waals surface area contributed by atoms with Crippen molar-refractivity contribution in [3.05, 3.63) is 0 Å². The second-order valence-electron chi connectivity index (χ2n) is 26.0. The van der Waals surface area contributed by atoms with Crippen molar-refractivity contribution in [3.63, 3.8) is 0 Å². The van der Waals surface area contributed by atoms with Gasteiger partial charge in [-0.2, -0.15) is 0 Å². The number of amides is 1. The minimum absolute atomic E-state index is 0.860. The maximum atomic E-state index is 12.5. The highest BCUT2D eigenvalue weighted by Crippen LogP contribution is 2.39. The smallest absolute Gasteiger partial charge is 0.217 e. The van der Waals surface area contributed by atoms with E-state index in [2.05, 4.69) is 5.32 Å². The standard InChI is InChI=1S/C56H95NO46/c1-11(64)57-21-30(73)43(17(7-63)90-48(21)86)99-54-42(85)45(29(72)20(97-54)10-88-50-41(84)44(100-51-38(81)32(75)23(66)13(3-59)92-51)28(71)19(96-50)9-87-49-37(80)31(74)22(65)12(2-58)91-49)101-56-47(103-53-40(83)34(77)25(68)15(5-61)94-53)36(79)27(70)18(98-56)8-89-55-46(35(78)26(69)16(6-62)95-55)102-52-39(82)33(76)24(67)14(4-60)93-52/h12-56,58-63,65-86H,2-10H2,1H3,(H,57,64)/t12-,13-,14-,15-,16-,17-,18-,19-,20-,21-,22-,23-,24-,25-,26-,27-,28-,29-,30-,31+,32+,33+,34+,35+,36+,37+,38+,39+,40+,41+,42+,43-,44+,45+,46+,47+,48-,49+,50+,51-,52-,53-,54+,55+,56-/m1/s1. The quantitative estimate of drug-likeness (QED) is 0.0382. The van der Waals surface area contributed by atoms with E-state index in [9.17, 15) is 148 Å². The van der Waals surface area contributed by atoms with E-state index in [0.717, 1.165) is 6.92 Å². The van der Waals surface area contributed by atoms with Crippen molar-refractivity contribution in [3.8, 4) is 0 Å². The summed E-state index contributed by atoms with van der Waals surface area (Å²) in [5.41, 5.74) is 0. The molecule has 9 saturated heterocycles. The third-order valence-corrected chi connectivity index (χ3v) is 19.1. The number of nitrogens with one attached hydrogen (secondary N) is 1. The van der Waals surface area contributed by atoms with Gasteiger partial charge in [-0.05, 0) is 0 Å². The van der Waals surface area contributed by atoms with Gasteiger partial charge in [-0.1, -0.05) is 0 Å². The maximum Gasteiger partial charge on any atom is 0.217 e. The fraction of sp³-hybridized carbons (Fsp3) is 0.982. The van der Waals surface area contributed by atoms with Gasteiger partial charge in [0.05, 0.1) is 59.5 Å². The summed E-state index contributed by atoms with van der Waals surface area (Å²) in [7, 11) is 0. The van der Waals surface area contributed by atoms with E-state index < -0.39 is 342 Å². The molecule has 9 aliphatic rings. The molecule has 600 valence electrons. The van der Waals surface area contributed by atoms with E-state index in [4.69, 9.17) is 80.5 Å². The Balaban J connectivity index is 1.05. The van der Waals surface area contributed by atoms with Gasteiger partial charge in [0, 0.05) is 6.92 Å². The average molecular weight is 1520 g/mol. The summed E-state index contributed by atoms with van der Waals surface area (Å²) in [5.74, 6) is -0.860. The van der Waals surface area contributed by atoms with E-state index in [1.54, 1.807) is 0 Å². The molecule has 103 heavy (non-hydrogen) atoms. The Kier molecular flexibility index (Phi) is 30.2. The van der Waals surface area contributed by atoms with Gasteiger partial charge in [-0.3, -0.25) is 4.79 Å². The largest absolute Gasteiger partial charge is 0.394 e. The monoisotopic (exact) mass is 1520 g/mol. The molecule has 0 aromatic rings. The fourth-order valence-electron chi connectivity index (χ4n) is 13.0. The molecule has 29 N–H and O–H groups in total.